The molecule has 434 valence electrons. The Morgan fingerprint density at radius 1 is 0.659 bits per heavy atom. The third kappa shape index (κ3) is 12.6. The number of anilines is 2. The van der Waals surface area contributed by atoms with Gasteiger partial charge in [0.15, 0.2) is 0 Å². The number of nitrogens with one attached hydrogen (secondary N) is 1. The number of carboxylic acids is 1. The van der Waals surface area contributed by atoms with E-state index in [1.807, 2.05) is 0 Å². The Balaban J connectivity index is 0.000000195. The molecule has 10 rings (SSSR count). The highest BCUT2D eigenvalue weighted by molar-refractivity contribution is 6.17. The summed E-state index contributed by atoms with van der Waals surface area (Å²) in [4.78, 5) is 91.0. The zero-order chi connectivity index (χ0) is 59.5. The van der Waals surface area contributed by atoms with Crippen molar-refractivity contribution >= 4 is 47.3 Å². The molecule has 8 heterocycles. The van der Waals surface area contributed by atoms with E-state index in [0.29, 0.717) is 48.6 Å². The molecule has 4 aliphatic rings. The van der Waals surface area contributed by atoms with Crippen LogP contribution in [-0.2, 0) is 32.2 Å². The molecule has 6 aromatic rings. The van der Waals surface area contributed by atoms with E-state index in [1.54, 1.807) is 39.0 Å². The van der Waals surface area contributed by atoms with Crippen molar-refractivity contribution in [1.29, 1.82) is 0 Å². The van der Waals surface area contributed by atoms with Gasteiger partial charge in [-0.05, 0) is 120 Å². The quantitative estimate of drug-likeness (QED) is 0.0958. The number of pyridine rings is 2. The van der Waals surface area contributed by atoms with E-state index < -0.39 is 89.2 Å². The predicted octanol–water partition coefficient (Wildman–Crippen LogP) is 8.88. The standard InChI is InChI=1S/C27H27F3N6O5.C22H19F3N6O3.C2HF3O2/c1-26(2,3)41-25(39)34-11-9-27(10-12-34)23(37)35(24(38)36(27)19-6-4-5-17(28)13-19)15-18-8-7-16(14-31-18)21-32-33-22(40-21)20(29)30;23-14-2-1-3-16(10-14)31-21(33)30(20(32)22(31)6-8-26-9-7-22)12-15-5-4-13(11-27-15)18-28-29-19(34-18)17(24)25;3-2(4,5)1(6)7/h4-8,13-14,20H,9-12,15H2,1-3H3;1-5,10-11,17,26H,6-9,12H2;(H,6,7). The predicted molar refractivity (Wildman–Crippen MR) is 263 cm³/mol. The molecule has 82 heavy (non-hydrogen) atoms. The summed E-state index contributed by atoms with van der Waals surface area (Å²) >= 11 is 0. The molecule has 4 aromatic heterocycles. The molecule has 0 aliphatic carbocycles. The lowest BCUT2D eigenvalue weighted by molar-refractivity contribution is -0.192. The summed E-state index contributed by atoms with van der Waals surface area (Å²) in [6, 6.07) is 15.9. The van der Waals surface area contributed by atoms with Crippen LogP contribution in [0.25, 0.3) is 22.9 Å². The molecule has 0 atom stereocenters. The molecule has 2 aromatic carbocycles. The Morgan fingerprint density at radius 3 is 1.41 bits per heavy atom. The second-order valence-corrected chi connectivity index (χ2v) is 19.6. The highest BCUT2D eigenvalue weighted by Gasteiger charge is 2.60. The molecule has 0 radical (unpaired) electrons. The van der Waals surface area contributed by atoms with Crippen LogP contribution in [0.2, 0.25) is 0 Å². The third-order valence-electron chi connectivity index (χ3n) is 13.1. The van der Waals surface area contributed by atoms with Crippen molar-refractivity contribution in [3.8, 4) is 22.9 Å². The zero-order valence-electron chi connectivity index (χ0n) is 43.3. The Morgan fingerprint density at radius 2 is 1.07 bits per heavy atom. The molecule has 0 unspecified atom stereocenters. The number of benzene rings is 2. The van der Waals surface area contributed by atoms with Gasteiger partial charge in [0, 0.05) is 36.9 Å². The van der Waals surface area contributed by atoms with Crippen LogP contribution >= 0.6 is 0 Å². The number of urea groups is 2. The largest absolute Gasteiger partial charge is 0.490 e. The number of carbonyl (C=O) groups excluding carboxylic acids is 5. The molecule has 4 saturated heterocycles. The van der Waals surface area contributed by atoms with E-state index in [2.05, 4.69) is 35.7 Å². The topological polar surface area (TPSA) is 264 Å². The van der Waals surface area contributed by atoms with Crippen molar-refractivity contribution in [1.82, 2.24) is 50.4 Å². The smallest absolute Gasteiger partial charge is 0.475 e. The van der Waals surface area contributed by atoms with Crippen molar-refractivity contribution in [2.45, 2.75) is 95.3 Å². The van der Waals surface area contributed by atoms with Gasteiger partial charge in [-0.2, -0.15) is 30.7 Å². The zero-order valence-corrected chi connectivity index (χ0v) is 43.3. The molecule has 2 spiro atoms. The number of hydrogen-bond acceptors (Lipinski definition) is 16. The number of halogens is 9. The molecule has 2 N–H and O–H groups in total. The Hall–Kier alpha value is -9.03. The number of amides is 7. The maximum atomic E-state index is 14.2. The number of aromatic nitrogens is 6. The Kier molecular flexibility index (Phi) is 17.0. The van der Waals surface area contributed by atoms with E-state index in [-0.39, 0.29) is 68.0 Å². The minimum atomic E-state index is -5.08. The van der Waals surface area contributed by atoms with E-state index >= 15 is 0 Å². The van der Waals surface area contributed by atoms with Gasteiger partial charge in [-0.25, -0.2) is 28.0 Å². The first kappa shape index (κ1) is 59.1. The summed E-state index contributed by atoms with van der Waals surface area (Å²) in [6.07, 6.45) is -7.76. The van der Waals surface area contributed by atoms with E-state index in [9.17, 15) is 63.5 Å². The van der Waals surface area contributed by atoms with Crippen LogP contribution < -0.4 is 15.1 Å². The lowest BCUT2D eigenvalue weighted by Gasteiger charge is -2.42. The van der Waals surface area contributed by atoms with Gasteiger partial charge in [0.1, 0.15) is 28.3 Å². The molecule has 22 nitrogen and oxygen atoms in total. The van der Waals surface area contributed by atoms with Crippen LogP contribution in [0.15, 0.2) is 94.0 Å². The molecule has 4 fully saturated rings. The molecular weight excluding hydrogens is 1110 g/mol. The maximum absolute atomic E-state index is 14.2. The third-order valence-corrected chi connectivity index (χ3v) is 13.1. The van der Waals surface area contributed by atoms with Crippen molar-refractivity contribution in [2.75, 3.05) is 36.0 Å². The van der Waals surface area contributed by atoms with Gasteiger partial charge in [0.2, 0.25) is 11.8 Å². The fraction of sp³-hybridized carbons (Fsp3) is 0.373. The number of carboxylic acid groups (broad SMARTS) is 1. The van der Waals surface area contributed by atoms with Gasteiger partial charge in [0.05, 0.1) is 35.6 Å². The Bertz CT molecular complexity index is 3330. The average molecular weight is 1160 g/mol. The molecule has 0 bridgehead atoms. The lowest BCUT2D eigenvalue weighted by Crippen LogP contribution is -2.58. The van der Waals surface area contributed by atoms with E-state index in [0.717, 1.165) is 9.80 Å². The van der Waals surface area contributed by atoms with Crippen LogP contribution in [-0.4, -0.2) is 135 Å². The summed E-state index contributed by atoms with van der Waals surface area (Å²) in [5.41, 5.74) is -1.31. The second-order valence-electron chi connectivity index (χ2n) is 19.6. The van der Waals surface area contributed by atoms with E-state index in [1.165, 1.54) is 81.7 Å². The summed E-state index contributed by atoms with van der Waals surface area (Å²) < 4.78 is 126. The van der Waals surface area contributed by atoms with Gasteiger partial charge in [-0.15, -0.1) is 20.4 Å². The number of hydrogen-bond donors (Lipinski definition) is 2. The van der Waals surface area contributed by atoms with Gasteiger partial charge >= 0.3 is 43.2 Å². The number of nitrogens with zero attached hydrogens (tertiary/aromatic N) is 11. The number of piperidine rings is 2. The van der Waals surface area contributed by atoms with Crippen molar-refractivity contribution in [3.05, 3.63) is 120 Å². The minimum Gasteiger partial charge on any atom is -0.475 e. The van der Waals surface area contributed by atoms with Gasteiger partial charge in [0.25, 0.3) is 23.6 Å². The summed E-state index contributed by atoms with van der Waals surface area (Å²) in [7, 11) is 0. The van der Waals surface area contributed by atoms with Crippen LogP contribution in [0.3, 0.4) is 0 Å². The normalized spacial score (nSPS) is 17.0. The molecule has 31 heteroatoms. The van der Waals surface area contributed by atoms with Crippen LogP contribution in [0.1, 0.15) is 82.5 Å². The molecule has 0 saturated carbocycles. The number of aliphatic carboxylic acids is 1. The van der Waals surface area contributed by atoms with Crippen LogP contribution in [0.4, 0.5) is 65.3 Å². The van der Waals surface area contributed by atoms with Gasteiger partial charge in [-0.3, -0.25) is 39.2 Å². The van der Waals surface area contributed by atoms with Gasteiger partial charge in [-0.1, -0.05) is 12.1 Å². The first-order chi connectivity index (χ1) is 38.7. The van der Waals surface area contributed by atoms with Crippen molar-refractivity contribution in [3.63, 3.8) is 0 Å². The van der Waals surface area contributed by atoms with Crippen LogP contribution in [0.5, 0.6) is 0 Å². The lowest BCUT2D eigenvalue weighted by atomic mass is 9.85. The highest BCUT2D eigenvalue weighted by Crippen LogP contribution is 2.43. The first-order valence-electron chi connectivity index (χ1n) is 24.7. The maximum Gasteiger partial charge on any atom is 0.490 e. The highest BCUT2D eigenvalue weighted by atomic mass is 19.4. The fourth-order valence-electron chi connectivity index (χ4n) is 9.29. The van der Waals surface area contributed by atoms with Crippen LogP contribution in [0, 0.1) is 11.6 Å². The molecule has 4 aliphatic heterocycles. The first-order valence-corrected chi connectivity index (χ1v) is 24.7. The number of ether oxygens (including phenoxy) is 1. The monoisotopic (exact) mass is 1160 g/mol. The molecular formula is C51H47F9N12O10. The second kappa shape index (κ2) is 23.6. The van der Waals surface area contributed by atoms with Crippen molar-refractivity contribution < 1.29 is 87.0 Å². The fourth-order valence-corrected chi connectivity index (χ4v) is 9.29. The average Bonchev–Trinajstić information content (AvgIpc) is 2.72. The minimum absolute atomic E-state index is 0.106. The number of likely N-dealkylation sites (tertiary alicyclic amines) is 1. The summed E-state index contributed by atoms with van der Waals surface area (Å²) in [5.74, 6) is -6.59. The van der Waals surface area contributed by atoms with Gasteiger partial charge < -0.3 is 28.9 Å². The summed E-state index contributed by atoms with van der Waals surface area (Å²) in [5, 5.41) is 24.0. The molecule has 7 amide bonds. The summed E-state index contributed by atoms with van der Waals surface area (Å²) in [6.45, 7) is 6.31. The van der Waals surface area contributed by atoms with E-state index in [4.69, 9.17) is 23.5 Å². The number of rotatable bonds is 10. The Labute approximate surface area is 457 Å². The SMILES string of the molecule is CC(C)(C)OC(=O)N1CCC2(CC1)C(=O)N(Cc1ccc(-c3nnc(C(F)F)o3)cn1)C(=O)N2c1cccc(F)c1.O=C(O)C(F)(F)F.O=C1N(Cc2ccc(-c3nnc(C(F)F)o3)cn2)C(=O)C2(CCNCC2)N1c1cccc(F)c1. The number of alkyl halides is 7. The van der Waals surface area contributed by atoms with Crippen molar-refractivity contribution in [2.24, 2.45) is 0 Å². The number of imide groups is 2. The number of carbonyl (C=O) groups is 6.